The average Bonchev–Trinajstić information content (AvgIpc) is 3.07. The van der Waals surface area contributed by atoms with Crippen LogP contribution >= 0.6 is 39.0 Å². The Labute approximate surface area is 155 Å². The van der Waals surface area contributed by atoms with Crippen molar-refractivity contribution in [3.8, 4) is 0 Å². The standard InChI is InChI=1S/C17H12BrNO3S2/c1-10-6-7-23-14(10)8-15-16(21)19(17(22)24-15)9-13(20)11-2-4-12(18)5-3-11/h2-8H,9H2,1H3/b15-8+. The molecule has 0 spiro atoms. The van der Waals surface area contributed by atoms with Gasteiger partial charge in [0.2, 0.25) is 0 Å². The van der Waals surface area contributed by atoms with Crippen LogP contribution in [0.5, 0.6) is 0 Å². The molecule has 1 aromatic heterocycles. The Hall–Kier alpha value is -1.70. The van der Waals surface area contributed by atoms with E-state index in [-0.39, 0.29) is 12.3 Å². The van der Waals surface area contributed by atoms with E-state index in [1.165, 1.54) is 11.3 Å². The third-order valence-electron chi connectivity index (χ3n) is 3.51. The summed E-state index contributed by atoms with van der Waals surface area (Å²) in [4.78, 5) is 39.1. The Balaban J connectivity index is 1.77. The first-order valence-electron chi connectivity index (χ1n) is 7.04. The maximum absolute atomic E-state index is 12.4. The molecule has 122 valence electrons. The molecule has 4 nitrogen and oxygen atoms in total. The zero-order chi connectivity index (χ0) is 17.3. The minimum absolute atomic E-state index is 0.243. The number of aryl methyl sites for hydroxylation is 1. The summed E-state index contributed by atoms with van der Waals surface area (Å²) in [5.74, 6) is -0.679. The van der Waals surface area contributed by atoms with Crippen molar-refractivity contribution in [2.45, 2.75) is 6.92 Å². The third kappa shape index (κ3) is 3.53. The first-order chi connectivity index (χ1) is 11.5. The van der Waals surface area contributed by atoms with Gasteiger partial charge in [-0.15, -0.1) is 11.3 Å². The number of amides is 2. The molecule has 0 unspecified atom stereocenters. The van der Waals surface area contributed by atoms with Gasteiger partial charge in [-0.3, -0.25) is 19.3 Å². The SMILES string of the molecule is Cc1ccsc1/C=C1/SC(=O)N(CC(=O)c2ccc(Br)cc2)C1=O. The van der Waals surface area contributed by atoms with Crippen LogP contribution in [-0.4, -0.2) is 28.4 Å². The predicted molar refractivity (Wildman–Crippen MR) is 100 cm³/mol. The van der Waals surface area contributed by atoms with Crippen molar-refractivity contribution in [3.63, 3.8) is 0 Å². The number of thiophene rings is 1. The summed E-state index contributed by atoms with van der Waals surface area (Å²) in [5.41, 5.74) is 1.52. The smallest absolute Gasteiger partial charge is 0.292 e. The molecule has 3 rings (SSSR count). The Morgan fingerprint density at radius 1 is 1.21 bits per heavy atom. The summed E-state index contributed by atoms with van der Waals surface area (Å²) >= 11 is 5.69. The van der Waals surface area contributed by atoms with Crippen molar-refractivity contribution in [1.82, 2.24) is 4.90 Å². The second-order valence-corrected chi connectivity index (χ2v) is 8.02. The van der Waals surface area contributed by atoms with Crippen molar-refractivity contribution < 1.29 is 14.4 Å². The van der Waals surface area contributed by atoms with E-state index in [0.717, 1.165) is 31.6 Å². The van der Waals surface area contributed by atoms with Crippen LogP contribution in [0.2, 0.25) is 0 Å². The summed E-state index contributed by atoms with van der Waals surface area (Å²) < 4.78 is 0.861. The van der Waals surface area contributed by atoms with Crippen LogP contribution in [0.3, 0.4) is 0 Å². The van der Waals surface area contributed by atoms with E-state index in [9.17, 15) is 14.4 Å². The predicted octanol–water partition coefficient (Wildman–Crippen LogP) is 4.74. The lowest BCUT2D eigenvalue weighted by atomic mass is 10.1. The number of rotatable bonds is 4. The molecule has 0 aliphatic carbocycles. The average molecular weight is 422 g/mol. The molecule has 7 heteroatoms. The zero-order valence-corrected chi connectivity index (χ0v) is 15.8. The molecule has 0 atom stereocenters. The highest BCUT2D eigenvalue weighted by Gasteiger charge is 2.36. The molecule has 2 amide bonds. The first kappa shape index (κ1) is 17.1. The molecule has 0 bridgehead atoms. The minimum atomic E-state index is -0.414. The van der Waals surface area contributed by atoms with Crippen LogP contribution in [0, 0.1) is 6.92 Å². The van der Waals surface area contributed by atoms with Crippen molar-refractivity contribution in [2.75, 3.05) is 6.54 Å². The maximum atomic E-state index is 12.4. The zero-order valence-electron chi connectivity index (χ0n) is 12.6. The second-order valence-electron chi connectivity index (χ2n) is 5.17. The molecule has 24 heavy (non-hydrogen) atoms. The Morgan fingerprint density at radius 2 is 1.92 bits per heavy atom. The lowest BCUT2D eigenvalue weighted by Gasteiger charge is -2.11. The van der Waals surface area contributed by atoms with Crippen LogP contribution < -0.4 is 0 Å². The summed E-state index contributed by atoms with van der Waals surface area (Å²) in [7, 11) is 0. The van der Waals surface area contributed by atoms with Crippen molar-refractivity contribution in [3.05, 3.63) is 61.1 Å². The van der Waals surface area contributed by atoms with Crippen molar-refractivity contribution >= 4 is 62.0 Å². The molecule has 2 aromatic rings. The number of imide groups is 1. The number of thioether (sulfide) groups is 1. The Morgan fingerprint density at radius 3 is 2.54 bits per heavy atom. The number of hydrogen-bond acceptors (Lipinski definition) is 5. The van der Waals surface area contributed by atoms with Gasteiger partial charge in [-0.05, 0) is 53.9 Å². The molecule has 1 aromatic carbocycles. The van der Waals surface area contributed by atoms with Gasteiger partial charge in [0.25, 0.3) is 11.1 Å². The van der Waals surface area contributed by atoms with Crippen molar-refractivity contribution in [2.24, 2.45) is 0 Å². The number of benzene rings is 1. The first-order valence-corrected chi connectivity index (χ1v) is 9.53. The van der Waals surface area contributed by atoms with Gasteiger partial charge in [-0.1, -0.05) is 28.1 Å². The molecule has 1 fully saturated rings. The maximum Gasteiger partial charge on any atom is 0.293 e. The molecule has 1 aliphatic heterocycles. The molecular formula is C17H12BrNO3S2. The van der Waals surface area contributed by atoms with E-state index in [0.29, 0.717) is 10.5 Å². The van der Waals surface area contributed by atoms with Gasteiger partial charge in [0.05, 0.1) is 11.4 Å². The number of halogens is 1. The number of hydrogen-bond donors (Lipinski definition) is 0. The fraction of sp³-hybridized carbons (Fsp3) is 0.118. The summed E-state index contributed by atoms with van der Waals surface area (Å²) in [6.45, 7) is 1.71. The normalized spacial score (nSPS) is 16.2. The molecule has 1 aliphatic rings. The molecule has 2 heterocycles. The van der Waals surface area contributed by atoms with E-state index < -0.39 is 11.1 Å². The van der Waals surface area contributed by atoms with Crippen LogP contribution in [-0.2, 0) is 4.79 Å². The van der Waals surface area contributed by atoms with E-state index in [2.05, 4.69) is 15.9 Å². The highest BCUT2D eigenvalue weighted by molar-refractivity contribution is 9.10. The number of Topliss-reactive ketones (excluding diaryl/α,β-unsaturated/α-hetero) is 1. The van der Waals surface area contributed by atoms with Crippen LogP contribution in [0.25, 0.3) is 6.08 Å². The van der Waals surface area contributed by atoms with Crippen LogP contribution in [0.15, 0.2) is 45.1 Å². The highest BCUT2D eigenvalue weighted by Crippen LogP contribution is 2.33. The lowest BCUT2D eigenvalue weighted by molar-refractivity contribution is -0.122. The number of nitrogens with zero attached hydrogens (tertiary/aromatic N) is 1. The molecule has 0 N–H and O–H groups in total. The fourth-order valence-electron chi connectivity index (χ4n) is 2.16. The molecular weight excluding hydrogens is 410 g/mol. The summed E-state index contributed by atoms with van der Waals surface area (Å²) in [6.07, 6.45) is 1.72. The van der Waals surface area contributed by atoms with Crippen LogP contribution in [0.4, 0.5) is 4.79 Å². The van der Waals surface area contributed by atoms with Gasteiger partial charge >= 0.3 is 0 Å². The Bertz CT molecular complexity index is 855. The minimum Gasteiger partial charge on any atom is -0.292 e. The van der Waals surface area contributed by atoms with Gasteiger partial charge in [0.1, 0.15) is 0 Å². The molecule has 0 radical (unpaired) electrons. The molecule has 0 saturated carbocycles. The second kappa shape index (κ2) is 7.04. The fourth-order valence-corrected chi connectivity index (χ4v) is 4.18. The quantitative estimate of drug-likeness (QED) is 0.528. The monoisotopic (exact) mass is 421 g/mol. The van der Waals surface area contributed by atoms with Gasteiger partial charge in [0.15, 0.2) is 5.78 Å². The van der Waals surface area contributed by atoms with Gasteiger partial charge in [-0.2, -0.15) is 0 Å². The van der Waals surface area contributed by atoms with Crippen LogP contribution in [0.1, 0.15) is 20.8 Å². The number of carbonyl (C=O) groups excluding carboxylic acids is 3. The topological polar surface area (TPSA) is 54.5 Å². The number of carbonyl (C=O) groups is 3. The molecule has 1 saturated heterocycles. The lowest BCUT2D eigenvalue weighted by Crippen LogP contribution is -2.33. The highest BCUT2D eigenvalue weighted by atomic mass is 79.9. The Kier molecular flexibility index (Phi) is 5.03. The van der Waals surface area contributed by atoms with Gasteiger partial charge < -0.3 is 0 Å². The largest absolute Gasteiger partial charge is 0.293 e. The van der Waals surface area contributed by atoms with E-state index in [1.54, 1.807) is 30.3 Å². The van der Waals surface area contributed by atoms with Crippen molar-refractivity contribution in [1.29, 1.82) is 0 Å². The van der Waals surface area contributed by atoms with E-state index in [4.69, 9.17) is 0 Å². The number of ketones is 1. The van der Waals surface area contributed by atoms with E-state index >= 15 is 0 Å². The summed E-state index contributed by atoms with van der Waals surface area (Å²) in [6, 6.07) is 8.78. The van der Waals surface area contributed by atoms with Gasteiger partial charge in [0, 0.05) is 14.9 Å². The van der Waals surface area contributed by atoms with E-state index in [1.807, 2.05) is 18.4 Å². The summed E-state index contributed by atoms with van der Waals surface area (Å²) in [5, 5.41) is 1.52. The van der Waals surface area contributed by atoms with Gasteiger partial charge in [-0.25, -0.2) is 0 Å². The third-order valence-corrected chi connectivity index (χ3v) is 5.91.